The van der Waals surface area contributed by atoms with Crippen LogP contribution in [0.15, 0.2) is 27.5 Å². The number of halogens is 1. The van der Waals surface area contributed by atoms with Gasteiger partial charge in [-0.3, -0.25) is 14.2 Å². The second-order valence-electron chi connectivity index (χ2n) is 9.54. The summed E-state index contributed by atoms with van der Waals surface area (Å²) in [5.41, 5.74) is 3.00. The summed E-state index contributed by atoms with van der Waals surface area (Å²) in [6, 6.07) is 4.50. The van der Waals surface area contributed by atoms with Gasteiger partial charge in [0.05, 0.1) is 12.3 Å². The van der Waals surface area contributed by atoms with Gasteiger partial charge in [0.15, 0.2) is 5.58 Å². The number of carbonyl (C=O) groups excluding carboxylic acids is 1. The SMILES string of the molecule is CC(=O)OCCCCC(CCNCCc1c(C)nc2n(c1=O)CCCC2)c1noc2cc(F)ccc12. The third-order valence-corrected chi connectivity index (χ3v) is 6.90. The maximum Gasteiger partial charge on any atom is 0.302 e. The quantitative estimate of drug-likeness (QED) is 0.295. The van der Waals surface area contributed by atoms with Crippen molar-refractivity contribution in [3.8, 4) is 0 Å². The number of unbranched alkanes of at least 4 members (excludes halogenated alkanes) is 1. The van der Waals surface area contributed by atoms with E-state index in [0.717, 1.165) is 86.2 Å². The van der Waals surface area contributed by atoms with Crippen molar-refractivity contribution in [2.75, 3.05) is 19.7 Å². The van der Waals surface area contributed by atoms with Gasteiger partial charge in [-0.1, -0.05) is 5.16 Å². The molecule has 0 saturated carbocycles. The number of hydrogen-bond acceptors (Lipinski definition) is 7. The predicted octanol–water partition coefficient (Wildman–Crippen LogP) is 4.21. The predicted molar refractivity (Wildman–Crippen MR) is 135 cm³/mol. The van der Waals surface area contributed by atoms with Crippen molar-refractivity contribution in [1.29, 1.82) is 0 Å². The number of hydrogen-bond donors (Lipinski definition) is 1. The lowest BCUT2D eigenvalue weighted by Crippen LogP contribution is -2.33. The van der Waals surface area contributed by atoms with Gasteiger partial charge in [-0.25, -0.2) is 9.37 Å². The van der Waals surface area contributed by atoms with Gasteiger partial charge in [0.1, 0.15) is 11.6 Å². The molecule has 1 unspecified atom stereocenters. The van der Waals surface area contributed by atoms with Crippen molar-refractivity contribution < 1.29 is 18.4 Å². The highest BCUT2D eigenvalue weighted by molar-refractivity contribution is 5.79. The zero-order chi connectivity index (χ0) is 25.5. The lowest BCUT2D eigenvalue weighted by molar-refractivity contribution is -0.141. The molecule has 0 saturated heterocycles. The van der Waals surface area contributed by atoms with Gasteiger partial charge < -0.3 is 14.6 Å². The molecule has 1 aliphatic rings. The van der Waals surface area contributed by atoms with Crippen molar-refractivity contribution in [3.05, 3.63) is 57.1 Å². The number of aryl methyl sites for hydroxylation is 2. The van der Waals surface area contributed by atoms with Crippen molar-refractivity contribution in [2.24, 2.45) is 0 Å². The van der Waals surface area contributed by atoms with Crippen LogP contribution in [0.2, 0.25) is 0 Å². The van der Waals surface area contributed by atoms with E-state index in [1.807, 2.05) is 11.5 Å². The van der Waals surface area contributed by atoms with Gasteiger partial charge in [0, 0.05) is 48.5 Å². The van der Waals surface area contributed by atoms with Gasteiger partial charge in [-0.05, 0) is 77.1 Å². The summed E-state index contributed by atoms with van der Waals surface area (Å²) in [7, 11) is 0. The highest BCUT2D eigenvalue weighted by Crippen LogP contribution is 2.31. The Morgan fingerprint density at radius 2 is 2.11 bits per heavy atom. The number of fused-ring (bicyclic) bond motifs is 2. The first-order valence-electron chi connectivity index (χ1n) is 12.9. The number of esters is 1. The number of rotatable bonds is 12. The van der Waals surface area contributed by atoms with E-state index in [9.17, 15) is 14.0 Å². The van der Waals surface area contributed by atoms with Crippen molar-refractivity contribution in [2.45, 2.75) is 77.7 Å². The van der Waals surface area contributed by atoms with E-state index in [0.29, 0.717) is 25.2 Å². The van der Waals surface area contributed by atoms with E-state index in [1.54, 1.807) is 6.07 Å². The van der Waals surface area contributed by atoms with Crippen LogP contribution in [0.3, 0.4) is 0 Å². The van der Waals surface area contributed by atoms with Crippen LogP contribution in [0.1, 0.15) is 74.1 Å². The fraction of sp³-hybridized carbons (Fsp3) is 0.556. The van der Waals surface area contributed by atoms with E-state index in [2.05, 4.69) is 15.5 Å². The molecule has 1 aromatic carbocycles. The zero-order valence-electron chi connectivity index (χ0n) is 21.1. The highest BCUT2D eigenvalue weighted by atomic mass is 19.1. The minimum atomic E-state index is -0.354. The maximum absolute atomic E-state index is 13.6. The molecule has 4 rings (SSSR count). The van der Waals surface area contributed by atoms with Crippen LogP contribution < -0.4 is 10.9 Å². The topological polar surface area (TPSA) is 99.2 Å². The standard InChI is InChI=1S/C27H35FN4O4/c1-18-22(27(34)32-15-5-3-8-25(32)30-18)12-14-29-13-11-20(7-4-6-16-35-19(2)33)26-23-10-9-21(28)17-24(23)36-31-26/h9-10,17,20,29H,3-8,11-16H2,1-2H3. The molecular weight excluding hydrogens is 463 g/mol. The molecule has 8 nitrogen and oxygen atoms in total. The van der Waals surface area contributed by atoms with Crippen molar-refractivity contribution >= 4 is 16.9 Å². The third kappa shape index (κ3) is 6.37. The molecule has 36 heavy (non-hydrogen) atoms. The fourth-order valence-electron chi connectivity index (χ4n) is 4.99. The molecule has 0 amide bonds. The summed E-state index contributed by atoms with van der Waals surface area (Å²) >= 11 is 0. The molecule has 1 N–H and O–H groups in total. The van der Waals surface area contributed by atoms with Crippen LogP contribution in [0.25, 0.3) is 11.0 Å². The average Bonchev–Trinajstić information content (AvgIpc) is 3.26. The van der Waals surface area contributed by atoms with Crippen molar-refractivity contribution in [1.82, 2.24) is 20.0 Å². The number of ether oxygens (including phenoxy) is 1. The van der Waals surface area contributed by atoms with Gasteiger partial charge in [-0.2, -0.15) is 0 Å². The first-order chi connectivity index (χ1) is 17.4. The van der Waals surface area contributed by atoms with Crippen LogP contribution in [-0.4, -0.2) is 40.4 Å². The van der Waals surface area contributed by atoms with Gasteiger partial charge in [0.25, 0.3) is 5.56 Å². The summed E-state index contributed by atoms with van der Waals surface area (Å²) in [4.78, 5) is 28.6. The van der Waals surface area contributed by atoms with Gasteiger partial charge >= 0.3 is 5.97 Å². The lowest BCUT2D eigenvalue weighted by atomic mass is 9.92. The van der Waals surface area contributed by atoms with E-state index in [4.69, 9.17) is 9.26 Å². The van der Waals surface area contributed by atoms with E-state index >= 15 is 0 Å². The third-order valence-electron chi connectivity index (χ3n) is 6.90. The Morgan fingerprint density at radius 3 is 2.94 bits per heavy atom. The fourth-order valence-corrected chi connectivity index (χ4v) is 4.99. The Kier molecular flexibility index (Phi) is 8.85. The summed E-state index contributed by atoms with van der Waals surface area (Å²) < 4.78 is 25.9. The van der Waals surface area contributed by atoms with E-state index in [-0.39, 0.29) is 23.3 Å². The summed E-state index contributed by atoms with van der Waals surface area (Å²) in [5, 5.41) is 8.56. The number of nitrogens with one attached hydrogen (secondary N) is 1. The first-order valence-corrected chi connectivity index (χ1v) is 12.9. The number of aromatic nitrogens is 3. The highest BCUT2D eigenvalue weighted by Gasteiger charge is 2.20. The molecule has 9 heteroatoms. The van der Waals surface area contributed by atoms with Crippen LogP contribution in [0.5, 0.6) is 0 Å². The molecule has 3 aromatic rings. The first kappa shape index (κ1) is 26.0. The number of nitrogens with zero attached hydrogens (tertiary/aromatic N) is 3. The van der Waals surface area contributed by atoms with Crippen LogP contribution in [0.4, 0.5) is 4.39 Å². The summed E-state index contributed by atoms with van der Waals surface area (Å²) in [6.07, 6.45) is 6.92. The minimum absolute atomic E-state index is 0.103. The Morgan fingerprint density at radius 1 is 1.25 bits per heavy atom. The molecule has 0 bridgehead atoms. The van der Waals surface area contributed by atoms with Gasteiger partial charge in [-0.15, -0.1) is 0 Å². The molecular formula is C27H35FN4O4. The minimum Gasteiger partial charge on any atom is -0.466 e. The molecule has 0 spiro atoms. The van der Waals surface area contributed by atoms with E-state index in [1.165, 1.54) is 19.1 Å². The van der Waals surface area contributed by atoms with Gasteiger partial charge in [0.2, 0.25) is 0 Å². The number of carbonyl (C=O) groups is 1. The number of benzene rings is 1. The molecule has 0 radical (unpaired) electrons. The van der Waals surface area contributed by atoms with Crippen LogP contribution >= 0.6 is 0 Å². The molecule has 0 fully saturated rings. The second kappa shape index (κ2) is 12.3. The Hall–Kier alpha value is -3.07. The molecule has 1 aliphatic heterocycles. The molecule has 3 heterocycles. The molecule has 0 aliphatic carbocycles. The van der Waals surface area contributed by atoms with Crippen LogP contribution in [-0.2, 0) is 28.9 Å². The van der Waals surface area contributed by atoms with E-state index < -0.39 is 0 Å². The lowest BCUT2D eigenvalue weighted by Gasteiger charge is -2.19. The van der Waals surface area contributed by atoms with Crippen molar-refractivity contribution in [3.63, 3.8) is 0 Å². The summed E-state index contributed by atoms with van der Waals surface area (Å²) in [6.45, 7) is 5.91. The summed E-state index contributed by atoms with van der Waals surface area (Å²) in [5.74, 6) is 0.396. The van der Waals surface area contributed by atoms with Crippen LogP contribution in [0, 0.1) is 12.7 Å². The average molecular weight is 499 g/mol. The molecule has 194 valence electrons. The Labute approximate surface area is 210 Å². The maximum atomic E-state index is 13.6. The molecule has 1 atom stereocenters. The smallest absolute Gasteiger partial charge is 0.302 e. The zero-order valence-corrected chi connectivity index (χ0v) is 21.1. The molecule has 2 aromatic heterocycles. The monoisotopic (exact) mass is 498 g/mol. The normalized spacial score (nSPS) is 14.1. The largest absolute Gasteiger partial charge is 0.466 e. The Balaban J connectivity index is 1.35. The Bertz CT molecular complexity index is 1250. The second-order valence-corrected chi connectivity index (χ2v) is 9.54.